The first-order valence-corrected chi connectivity index (χ1v) is 5.09. The number of urea groups is 1. The van der Waals surface area contributed by atoms with Gasteiger partial charge in [-0.05, 0) is 6.42 Å². The summed E-state index contributed by atoms with van der Waals surface area (Å²) in [6, 6.07) is -0.406. The van der Waals surface area contributed by atoms with Gasteiger partial charge in [-0.1, -0.05) is 0 Å². The number of rotatable bonds is 4. The van der Waals surface area contributed by atoms with E-state index in [9.17, 15) is 9.59 Å². The van der Waals surface area contributed by atoms with Gasteiger partial charge in [0.25, 0.3) is 0 Å². The molecule has 0 aromatic heterocycles. The highest BCUT2D eigenvalue weighted by atomic mass is 16.4. The largest absolute Gasteiger partial charge is 0.479 e. The number of amides is 2. The van der Waals surface area contributed by atoms with Gasteiger partial charge in [-0.15, -0.1) is 0 Å². The third kappa shape index (κ3) is 3.35. The Morgan fingerprint density at radius 2 is 2.19 bits per heavy atom. The minimum Gasteiger partial charge on any atom is -0.479 e. The number of carbonyl (C=O) groups excluding carboxylic acids is 1. The van der Waals surface area contributed by atoms with Crippen molar-refractivity contribution in [1.29, 1.82) is 0 Å². The van der Waals surface area contributed by atoms with E-state index in [0.717, 1.165) is 6.42 Å². The van der Waals surface area contributed by atoms with Gasteiger partial charge in [0.2, 0.25) is 0 Å². The Labute approximate surface area is 92.7 Å². The molecule has 0 radical (unpaired) electrons. The average Bonchev–Trinajstić information content (AvgIpc) is 2.73. The highest BCUT2D eigenvalue weighted by molar-refractivity contribution is 5.77. The van der Waals surface area contributed by atoms with Gasteiger partial charge in [0, 0.05) is 25.6 Å². The Bertz CT molecular complexity index is 271. The second-order valence-corrected chi connectivity index (χ2v) is 3.82. The van der Waals surface area contributed by atoms with Crippen molar-refractivity contribution in [2.24, 2.45) is 5.92 Å². The molecule has 0 saturated carbocycles. The molecule has 92 valence electrons. The predicted molar refractivity (Wildman–Crippen MR) is 53.8 cm³/mol. The quantitative estimate of drug-likeness (QED) is 0.469. The summed E-state index contributed by atoms with van der Waals surface area (Å²) in [5.41, 5.74) is 0. The molecule has 1 aliphatic rings. The van der Waals surface area contributed by atoms with Crippen LogP contribution in [-0.4, -0.2) is 64.6 Å². The van der Waals surface area contributed by atoms with Gasteiger partial charge < -0.3 is 25.5 Å². The zero-order chi connectivity index (χ0) is 12.1. The van der Waals surface area contributed by atoms with Crippen LogP contribution in [0.2, 0.25) is 0 Å². The Morgan fingerprint density at radius 3 is 2.69 bits per heavy atom. The molecule has 0 bridgehead atoms. The number of aliphatic hydroxyl groups is 2. The number of aliphatic hydroxyl groups excluding tert-OH is 2. The van der Waals surface area contributed by atoms with Crippen LogP contribution in [0, 0.1) is 5.92 Å². The van der Waals surface area contributed by atoms with Gasteiger partial charge in [0.1, 0.15) is 0 Å². The lowest BCUT2D eigenvalue weighted by Gasteiger charge is -2.17. The van der Waals surface area contributed by atoms with Crippen LogP contribution in [0.15, 0.2) is 0 Å². The van der Waals surface area contributed by atoms with Gasteiger partial charge in [-0.2, -0.15) is 0 Å². The summed E-state index contributed by atoms with van der Waals surface area (Å²) in [4.78, 5) is 23.2. The van der Waals surface area contributed by atoms with Gasteiger partial charge in [-0.3, -0.25) is 0 Å². The molecule has 1 rings (SSSR count). The normalized spacial score (nSPS) is 21.9. The van der Waals surface area contributed by atoms with E-state index in [1.54, 1.807) is 0 Å². The molecule has 7 nitrogen and oxygen atoms in total. The number of carboxylic acids is 1. The third-order valence-electron chi connectivity index (χ3n) is 2.56. The number of hydrogen-bond acceptors (Lipinski definition) is 4. The minimum atomic E-state index is -1.58. The molecule has 16 heavy (non-hydrogen) atoms. The third-order valence-corrected chi connectivity index (χ3v) is 2.56. The van der Waals surface area contributed by atoms with Crippen LogP contribution >= 0.6 is 0 Å². The highest BCUT2D eigenvalue weighted by Crippen LogP contribution is 2.14. The van der Waals surface area contributed by atoms with E-state index < -0.39 is 18.1 Å². The molecule has 0 aromatic rings. The first kappa shape index (κ1) is 12.7. The van der Waals surface area contributed by atoms with Crippen LogP contribution in [0.25, 0.3) is 0 Å². The molecule has 7 heteroatoms. The van der Waals surface area contributed by atoms with Crippen molar-refractivity contribution in [2.75, 3.05) is 26.2 Å². The second kappa shape index (κ2) is 5.66. The lowest BCUT2D eigenvalue weighted by Crippen LogP contribution is -2.43. The summed E-state index contributed by atoms with van der Waals surface area (Å²) in [5, 5.41) is 28.5. The van der Waals surface area contributed by atoms with Crippen LogP contribution in [0.3, 0.4) is 0 Å². The molecule has 1 fully saturated rings. The minimum absolute atomic E-state index is 0.0432. The number of carbonyl (C=O) groups is 2. The second-order valence-electron chi connectivity index (χ2n) is 3.82. The SMILES string of the molecule is O=C(O)C(O)CNC(=O)N1CCC(CO)C1. The standard InChI is InChI=1S/C9H16N2O5/c12-5-6-1-2-11(4-6)9(16)10-3-7(13)8(14)15/h6-7,12-13H,1-5H2,(H,10,16)(H,14,15). The van der Waals surface area contributed by atoms with Gasteiger partial charge >= 0.3 is 12.0 Å². The lowest BCUT2D eigenvalue weighted by molar-refractivity contribution is -0.146. The maximum atomic E-state index is 11.5. The van der Waals surface area contributed by atoms with E-state index in [2.05, 4.69) is 5.32 Å². The maximum absolute atomic E-state index is 11.5. The van der Waals surface area contributed by atoms with Crippen molar-refractivity contribution in [3.63, 3.8) is 0 Å². The fourth-order valence-electron chi connectivity index (χ4n) is 1.55. The van der Waals surface area contributed by atoms with E-state index in [0.29, 0.717) is 13.1 Å². The van der Waals surface area contributed by atoms with E-state index >= 15 is 0 Å². The van der Waals surface area contributed by atoms with Crippen molar-refractivity contribution < 1.29 is 24.9 Å². The van der Waals surface area contributed by atoms with Crippen LogP contribution in [-0.2, 0) is 4.79 Å². The maximum Gasteiger partial charge on any atom is 0.334 e. The molecule has 0 spiro atoms. The predicted octanol–water partition coefficient (Wildman–Crippen LogP) is -1.54. The van der Waals surface area contributed by atoms with Crippen molar-refractivity contribution >= 4 is 12.0 Å². The van der Waals surface area contributed by atoms with Gasteiger partial charge in [0.15, 0.2) is 6.10 Å². The molecule has 2 unspecified atom stereocenters. The number of aliphatic carboxylic acids is 1. The topological polar surface area (TPSA) is 110 Å². The summed E-state index contributed by atoms with van der Waals surface area (Å²) >= 11 is 0. The van der Waals surface area contributed by atoms with Gasteiger partial charge in [-0.25, -0.2) is 9.59 Å². The fourth-order valence-corrected chi connectivity index (χ4v) is 1.55. The Kier molecular flexibility index (Phi) is 4.51. The van der Waals surface area contributed by atoms with Crippen molar-refractivity contribution in [3.05, 3.63) is 0 Å². The van der Waals surface area contributed by atoms with Crippen LogP contribution in [0.1, 0.15) is 6.42 Å². The molecular weight excluding hydrogens is 216 g/mol. The molecule has 1 saturated heterocycles. The average molecular weight is 232 g/mol. The summed E-state index contributed by atoms with van der Waals surface area (Å²) in [5.74, 6) is -1.27. The number of hydrogen-bond donors (Lipinski definition) is 4. The first-order chi connectivity index (χ1) is 7.54. The van der Waals surface area contributed by atoms with Gasteiger partial charge in [0.05, 0.1) is 6.54 Å². The molecule has 4 N–H and O–H groups in total. The monoisotopic (exact) mass is 232 g/mol. The number of nitrogens with zero attached hydrogens (tertiary/aromatic N) is 1. The molecule has 1 heterocycles. The summed E-state index contributed by atoms with van der Waals surface area (Å²) in [6.07, 6.45) is -0.842. The zero-order valence-electron chi connectivity index (χ0n) is 8.80. The zero-order valence-corrected chi connectivity index (χ0v) is 8.80. The smallest absolute Gasteiger partial charge is 0.334 e. The van der Waals surface area contributed by atoms with Crippen LogP contribution in [0.4, 0.5) is 4.79 Å². The van der Waals surface area contributed by atoms with Crippen LogP contribution < -0.4 is 5.32 Å². The molecule has 0 aliphatic carbocycles. The molecule has 2 amide bonds. The van der Waals surface area contributed by atoms with Crippen LogP contribution in [0.5, 0.6) is 0 Å². The van der Waals surface area contributed by atoms with E-state index in [-0.39, 0.29) is 19.1 Å². The fraction of sp³-hybridized carbons (Fsp3) is 0.778. The first-order valence-electron chi connectivity index (χ1n) is 5.09. The van der Waals surface area contributed by atoms with E-state index in [4.69, 9.17) is 15.3 Å². The molecule has 1 aliphatic heterocycles. The summed E-state index contributed by atoms with van der Waals surface area (Å²) in [6.45, 7) is 0.738. The number of carboxylic acid groups (broad SMARTS) is 1. The van der Waals surface area contributed by atoms with Crippen molar-refractivity contribution in [3.8, 4) is 0 Å². The Balaban J connectivity index is 2.28. The molecular formula is C9H16N2O5. The lowest BCUT2D eigenvalue weighted by atomic mass is 10.1. The molecule has 2 atom stereocenters. The number of nitrogens with one attached hydrogen (secondary N) is 1. The Hall–Kier alpha value is -1.34. The van der Waals surface area contributed by atoms with Crippen molar-refractivity contribution in [2.45, 2.75) is 12.5 Å². The van der Waals surface area contributed by atoms with E-state index in [1.165, 1.54) is 4.90 Å². The Morgan fingerprint density at radius 1 is 1.50 bits per heavy atom. The number of likely N-dealkylation sites (tertiary alicyclic amines) is 1. The highest BCUT2D eigenvalue weighted by Gasteiger charge is 2.26. The van der Waals surface area contributed by atoms with Crippen molar-refractivity contribution in [1.82, 2.24) is 10.2 Å². The van der Waals surface area contributed by atoms with E-state index in [1.807, 2.05) is 0 Å². The molecule has 0 aromatic carbocycles. The summed E-state index contributed by atoms with van der Waals surface area (Å²) < 4.78 is 0. The summed E-state index contributed by atoms with van der Waals surface area (Å²) in [7, 11) is 0.